The Bertz CT molecular complexity index is 705. The van der Waals surface area contributed by atoms with Gasteiger partial charge in [0, 0.05) is 24.4 Å². The van der Waals surface area contributed by atoms with Crippen molar-refractivity contribution in [3.8, 4) is 11.3 Å². The van der Waals surface area contributed by atoms with Crippen LogP contribution in [0.4, 0.5) is 4.39 Å². The van der Waals surface area contributed by atoms with Crippen LogP contribution in [-0.2, 0) is 6.54 Å². The second-order valence-corrected chi connectivity index (χ2v) is 3.99. The van der Waals surface area contributed by atoms with Gasteiger partial charge in [0.1, 0.15) is 17.8 Å². The Hall–Kier alpha value is -2.27. The van der Waals surface area contributed by atoms with Crippen molar-refractivity contribution in [3.05, 3.63) is 54.4 Å². The van der Waals surface area contributed by atoms with Crippen LogP contribution in [0, 0.1) is 5.82 Å². The molecule has 0 radical (unpaired) electrons. The summed E-state index contributed by atoms with van der Waals surface area (Å²) in [5.41, 5.74) is 8.51. The van der Waals surface area contributed by atoms with E-state index in [1.807, 2.05) is 18.3 Å². The van der Waals surface area contributed by atoms with Crippen LogP contribution in [0.15, 0.2) is 42.9 Å². The van der Waals surface area contributed by atoms with Crippen LogP contribution in [-0.4, -0.2) is 14.4 Å². The summed E-state index contributed by atoms with van der Waals surface area (Å²) in [6, 6.07) is 8.14. The third kappa shape index (κ3) is 1.84. The van der Waals surface area contributed by atoms with Crippen LogP contribution in [0.5, 0.6) is 0 Å². The molecule has 2 N–H and O–H groups in total. The molecule has 0 amide bonds. The first kappa shape index (κ1) is 10.9. The highest BCUT2D eigenvalue weighted by Gasteiger charge is 2.05. The van der Waals surface area contributed by atoms with Crippen molar-refractivity contribution in [2.75, 3.05) is 0 Å². The fraction of sp³-hybridized carbons (Fsp3) is 0.0769. The van der Waals surface area contributed by atoms with Crippen molar-refractivity contribution in [2.24, 2.45) is 5.73 Å². The molecular formula is C13H11FN4. The van der Waals surface area contributed by atoms with Crippen LogP contribution in [0.3, 0.4) is 0 Å². The first-order valence-corrected chi connectivity index (χ1v) is 5.56. The molecular weight excluding hydrogens is 231 g/mol. The van der Waals surface area contributed by atoms with Crippen molar-refractivity contribution in [1.82, 2.24) is 14.4 Å². The summed E-state index contributed by atoms with van der Waals surface area (Å²) < 4.78 is 15.0. The maximum absolute atomic E-state index is 13.2. The van der Waals surface area contributed by atoms with Gasteiger partial charge in [-0.3, -0.25) is 4.40 Å². The topological polar surface area (TPSA) is 56.2 Å². The van der Waals surface area contributed by atoms with Gasteiger partial charge in [-0.25, -0.2) is 14.4 Å². The summed E-state index contributed by atoms with van der Waals surface area (Å²) in [5, 5.41) is 0. The lowest BCUT2D eigenvalue weighted by atomic mass is 10.1. The van der Waals surface area contributed by atoms with E-state index in [9.17, 15) is 4.39 Å². The molecule has 0 saturated heterocycles. The summed E-state index contributed by atoms with van der Waals surface area (Å²) in [6.45, 7) is 0.386. The zero-order valence-electron chi connectivity index (χ0n) is 9.55. The number of imidazole rings is 1. The Balaban J connectivity index is 2.12. The second kappa shape index (κ2) is 4.19. The van der Waals surface area contributed by atoms with Gasteiger partial charge in [0.05, 0.1) is 11.4 Å². The average Bonchev–Trinajstić information content (AvgIpc) is 2.80. The minimum atomic E-state index is -0.278. The fourth-order valence-electron chi connectivity index (χ4n) is 1.85. The van der Waals surface area contributed by atoms with Crippen molar-refractivity contribution in [2.45, 2.75) is 6.54 Å². The molecule has 0 saturated carbocycles. The first-order valence-electron chi connectivity index (χ1n) is 5.56. The van der Waals surface area contributed by atoms with Crippen molar-refractivity contribution in [3.63, 3.8) is 0 Å². The SMILES string of the molecule is NCc1cn2cnc(-c3cccc(F)c3)cc2n1. The van der Waals surface area contributed by atoms with E-state index in [4.69, 9.17) is 5.73 Å². The van der Waals surface area contributed by atoms with E-state index in [0.717, 1.165) is 16.9 Å². The number of nitrogens with two attached hydrogens (primary N) is 1. The van der Waals surface area contributed by atoms with E-state index in [0.29, 0.717) is 12.2 Å². The largest absolute Gasteiger partial charge is 0.325 e. The molecule has 4 nitrogen and oxygen atoms in total. The first-order chi connectivity index (χ1) is 8.76. The van der Waals surface area contributed by atoms with Crippen molar-refractivity contribution < 1.29 is 4.39 Å². The Kier molecular flexibility index (Phi) is 2.53. The predicted octanol–water partition coefficient (Wildman–Crippen LogP) is 1.99. The number of benzene rings is 1. The van der Waals surface area contributed by atoms with Crippen LogP contribution in [0.2, 0.25) is 0 Å². The van der Waals surface area contributed by atoms with Crippen molar-refractivity contribution in [1.29, 1.82) is 0 Å². The summed E-state index contributed by atoms with van der Waals surface area (Å²) in [6.07, 6.45) is 3.49. The van der Waals surface area contributed by atoms with Crippen LogP contribution in [0.1, 0.15) is 5.69 Å². The average molecular weight is 242 g/mol. The number of rotatable bonds is 2. The molecule has 0 aliphatic heterocycles. The molecule has 2 aromatic heterocycles. The lowest BCUT2D eigenvalue weighted by Crippen LogP contribution is -1.95. The lowest BCUT2D eigenvalue weighted by molar-refractivity contribution is 0.628. The zero-order valence-corrected chi connectivity index (χ0v) is 9.55. The number of aromatic nitrogens is 3. The number of halogens is 1. The quantitative estimate of drug-likeness (QED) is 0.747. The van der Waals surface area contributed by atoms with Gasteiger partial charge in [0.15, 0.2) is 0 Å². The third-order valence-corrected chi connectivity index (χ3v) is 2.73. The highest BCUT2D eigenvalue weighted by molar-refractivity contribution is 5.63. The van der Waals surface area contributed by atoms with E-state index in [2.05, 4.69) is 9.97 Å². The maximum Gasteiger partial charge on any atom is 0.140 e. The number of nitrogens with zero attached hydrogens (tertiary/aromatic N) is 3. The Labute approximate surface area is 103 Å². The van der Waals surface area contributed by atoms with E-state index >= 15 is 0 Å². The van der Waals surface area contributed by atoms with Crippen LogP contribution < -0.4 is 5.73 Å². The molecule has 1 aromatic carbocycles. The van der Waals surface area contributed by atoms with E-state index in [1.165, 1.54) is 12.1 Å². The number of hydrogen-bond donors (Lipinski definition) is 1. The normalized spacial score (nSPS) is 11.0. The van der Waals surface area contributed by atoms with Gasteiger partial charge in [-0.05, 0) is 12.1 Å². The number of hydrogen-bond acceptors (Lipinski definition) is 3. The van der Waals surface area contributed by atoms with Gasteiger partial charge < -0.3 is 5.73 Å². The van der Waals surface area contributed by atoms with Crippen molar-refractivity contribution >= 4 is 5.65 Å². The van der Waals surface area contributed by atoms with Gasteiger partial charge in [-0.1, -0.05) is 12.1 Å². The lowest BCUT2D eigenvalue weighted by Gasteiger charge is -2.01. The monoisotopic (exact) mass is 242 g/mol. The van der Waals surface area contributed by atoms with E-state index in [1.54, 1.807) is 16.8 Å². The molecule has 18 heavy (non-hydrogen) atoms. The standard InChI is InChI=1S/C13H11FN4/c14-10-3-1-2-9(4-10)12-5-13-17-11(6-15)7-18(13)8-16-12/h1-5,7-8H,6,15H2. The highest BCUT2D eigenvalue weighted by atomic mass is 19.1. The molecule has 3 aromatic rings. The van der Waals surface area contributed by atoms with Crippen LogP contribution >= 0.6 is 0 Å². The van der Waals surface area contributed by atoms with Gasteiger partial charge >= 0.3 is 0 Å². The highest BCUT2D eigenvalue weighted by Crippen LogP contribution is 2.19. The maximum atomic E-state index is 13.2. The molecule has 2 heterocycles. The minimum Gasteiger partial charge on any atom is -0.325 e. The smallest absolute Gasteiger partial charge is 0.140 e. The van der Waals surface area contributed by atoms with Gasteiger partial charge in [-0.15, -0.1) is 0 Å². The molecule has 0 aliphatic carbocycles. The number of fused-ring (bicyclic) bond motifs is 1. The Morgan fingerprint density at radius 1 is 1.28 bits per heavy atom. The second-order valence-electron chi connectivity index (χ2n) is 3.99. The fourth-order valence-corrected chi connectivity index (χ4v) is 1.85. The Morgan fingerprint density at radius 2 is 2.17 bits per heavy atom. The molecule has 5 heteroatoms. The molecule has 0 aliphatic rings. The molecule has 0 spiro atoms. The van der Waals surface area contributed by atoms with Gasteiger partial charge in [0.2, 0.25) is 0 Å². The predicted molar refractivity (Wildman–Crippen MR) is 66.3 cm³/mol. The van der Waals surface area contributed by atoms with Gasteiger partial charge in [-0.2, -0.15) is 0 Å². The summed E-state index contributed by atoms with van der Waals surface area (Å²) in [5.74, 6) is -0.278. The van der Waals surface area contributed by atoms with Gasteiger partial charge in [0.25, 0.3) is 0 Å². The molecule has 3 rings (SSSR count). The summed E-state index contributed by atoms with van der Waals surface area (Å²) in [4.78, 5) is 8.63. The third-order valence-electron chi connectivity index (χ3n) is 2.73. The molecule has 0 unspecified atom stereocenters. The van der Waals surface area contributed by atoms with Crippen LogP contribution in [0.25, 0.3) is 16.9 Å². The summed E-state index contributed by atoms with van der Waals surface area (Å²) >= 11 is 0. The molecule has 0 bridgehead atoms. The molecule has 0 fully saturated rings. The van der Waals surface area contributed by atoms with E-state index < -0.39 is 0 Å². The summed E-state index contributed by atoms with van der Waals surface area (Å²) in [7, 11) is 0. The molecule has 90 valence electrons. The molecule has 0 atom stereocenters. The zero-order chi connectivity index (χ0) is 12.5. The van der Waals surface area contributed by atoms with E-state index in [-0.39, 0.29) is 5.82 Å². The Morgan fingerprint density at radius 3 is 2.94 bits per heavy atom. The minimum absolute atomic E-state index is 0.278.